The van der Waals surface area contributed by atoms with Gasteiger partial charge in [-0.1, -0.05) is 29.3 Å². The third-order valence-corrected chi connectivity index (χ3v) is 4.00. The Morgan fingerprint density at radius 3 is 2.32 bits per heavy atom. The molecule has 0 saturated heterocycles. The summed E-state index contributed by atoms with van der Waals surface area (Å²) in [4.78, 5) is 12.3. The van der Waals surface area contributed by atoms with Crippen LogP contribution in [-0.2, 0) is 0 Å². The first-order valence-electron chi connectivity index (χ1n) is 7.20. The SMILES string of the molecule is CNc1cc(C(=O)/C=C(/c2cc(C)cc(Cl)c2)C(F)(F)F)ccc1Cl. The van der Waals surface area contributed by atoms with Crippen molar-refractivity contribution in [3.63, 3.8) is 0 Å². The van der Waals surface area contributed by atoms with Gasteiger partial charge in [0.2, 0.25) is 0 Å². The first kappa shape index (κ1) is 19.3. The highest BCUT2D eigenvalue weighted by molar-refractivity contribution is 6.33. The predicted octanol–water partition coefficient (Wildman–Crippen LogP) is 6.17. The molecule has 7 heteroatoms. The van der Waals surface area contributed by atoms with Crippen molar-refractivity contribution in [3.8, 4) is 0 Å². The van der Waals surface area contributed by atoms with E-state index in [0.717, 1.165) is 0 Å². The molecule has 0 aliphatic rings. The van der Waals surface area contributed by atoms with Gasteiger partial charge in [0.25, 0.3) is 0 Å². The third-order valence-electron chi connectivity index (χ3n) is 3.45. The Kier molecular flexibility index (Phi) is 5.80. The van der Waals surface area contributed by atoms with Crippen molar-refractivity contribution < 1.29 is 18.0 Å². The van der Waals surface area contributed by atoms with E-state index in [0.29, 0.717) is 22.3 Å². The first-order valence-corrected chi connectivity index (χ1v) is 7.95. The predicted molar refractivity (Wildman–Crippen MR) is 95.6 cm³/mol. The molecule has 0 spiro atoms. The lowest BCUT2D eigenvalue weighted by Crippen LogP contribution is -2.13. The van der Waals surface area contributed by atoms with Gasteiger partial charge in [-0.3, -0.25) is 4.79 Å². The molecule has 0 saturated carbocycles. The molecule has 2 aromatic rings. The Labute approximate surface area is 153 Å². The number of hydrogen-bond donors (Lipinski definition) is 1. The van der Waals surface area contributed by atoms with Gasteiger partial charge in [0, 0.05) is 17.6 Å². The summed E-state index contributed by atoms with van der Waals surface area (Å²) in [6, 6.07) is 8.28. The molecule has 2 nitrogen and oxygen atoms in total. The van der Waals surface area contributed by atoms with Gasteiger partial charge in [0.15, 0.2) is 5.78 Å². The Bertz CT molecular complexity index is 824. The first-order chi connectivity index (χ1) is 11.6. The largest absolute Gasteiger partial charge is 0.417 e. The fraction of sp³-hybridized carbons (Fsp3) is 0.167. The van der Waals surface area contributed by atoms with Gasteiger partial charge in [-0.2, -0.15) is 13.2 Å². The zero-order chi connectivity index (χ0) is 18.8. The van der Waals surface area contributed by atoms with Gasteiger partial charge in [0.05, 0.1) is 16.3 Å². The van der Waals surface area contributed by atoms with Gasteiger partial charge in [-0.25, -0.2) is 0 Å². The van der Waals surface area contributed by atoms with Crippen LogP contribution in [0.15, 0.2) is 42.5 Å². The average Bonchev–Trinajstić information content (AvgIpc) is 2.50. The Balaban J connectivity index is 2.53. The monoisotopic (exact) mass is 387 g/mol. The molecule has 0 amide bonds. The quantitative estimate of drug-likeness (QED) is 0.501. The summed E-state index contributed by atoms with van der Waals surface area (Å²) in [6.45, 7) is 1.63. The van der Waals surface area contributed by atoms with Crippen molar-refractivity contribution in [1.29, 1.82) is 0 Å². The van der Waals surface area contributed by atoms with Crippen molar-refractivity contribution in [3.05, 3.63) is 69.2 Å². The molecule has 0 radical (unpaired) electrons. The molecule has 0 aliphatic carbocycles. The summed E-state index contributed by atoms with van der Waals surface area (Å²) in [5.41, 5.74) is -0.103. The number of ketones is 1. The number of aryl methyl sites for hydroxylation is 1. The Morgan fingerprint density at radius 2 is 1.76 bits per heavy atom. The molecule has 0 aliphatic heterocycles. The maximum Gasteiger partial charge on any atom is 0.417 e. The van der Waals surface area contributed by atoms with E-state index in [-0.39, 0.29) is 16.1 Å². The van der Waals surface area contributed by atoms with Gasteiger partial charge in [0.1, 0.15) is 0 Å². The lowest BCUT2D eigenvalue weighted by atomic mass is 9.99. The van der Waals surface area contributed by atoms with Crippen LogP contribution in [0.2, 0.25) is 10.0 Å². The van der Waals surface area contributed by atoms with Crippen LogP contribution in [0, 0.1) is 6.92 Å². The maximum atomic E-state index is 13.5. The van der Waals surface area contributed by atoms with Crippen molar-refractivity contribution in [2.24, 2.45) is 0 Å². The summed E-state index contributed by atoms with van der Waals surface area (Å²) in [5, 5.41) is 3.31. The fourth-order valence-corrected chi connectivity index (χ4v) is 2.81. The van der Waals surface area contributed by atoms with Crippen LogP contribution in [-0.4, -0.2) is 19.0 Å². The zero-order valence-electron chi connectivity index (χ0n) is 13.3. The van der Waals surface area contributed by atoms with E-state index in [1.54, 1.807) is 20.0 Å². The topological polar surface area (TPSA) is 29.1 Å². The second-order valence-corrected chi connectivity index (χ2v) is 6.23. The van der Waals surface area contributed by atoms with Crippen LogP contribution in [0.4, 0.5) is 18.9 Å². The zero-order valence-corrected chi connectivity index (χ0v) is 14.9. The number of alkyl halides is 3. The number of allylic oxidation sites excluding steroid dienone is 2. The van der Waals surface area contributed by atoms with Crippen molar-refractivity contribution >= 4 is 40.2 Å². The van der Waals surface area contributed by atoms with Crippen LogP contribution in [0.25, 0.3) is 5.57 Å². The van der Waals surface area contributed by atoms with E-state index >= 15 is 0 Å². The standard InChI is InChI=1S/C18H14Cl2F3NO/c1-10-5-12(7-13(19)6-10)14(18(21,22)23)9-17(25)11-3-4-15(20)16(8-11)24-2/h3-9,24H,1-2H3/b14-9-. The molecule has 0 heterocycles. The highest BCUT2D eigenvalue weighted by atomic mass is 35.5. The molecular weight excluding hydrogens is 374 g/mol. The van der Waals surface area contributed by atoms with E-state index < -0.39 is 17.5 Å². The molecule has 2 aromatic carbocycles. The molecule has 2 rings (SSSR count). The molecule has 0 unspecified atom stereocenters. The summed E-state index contributed by atoms with van der Waals surface area (Å²) in [5.74, 6) is -0.780. The van der Waals surface area contributed by atoms with Gasteiger partial charge in [-0.15, -0.1) is 0 Å². The molecule has 1 N–H and O–H groups in total. The van der Waals surface area contributed by atoms with Crippen molar-refractivity contribution in [1.82, 2.24) is 0 Å². The van der Waals surface area contributed by atoms with E-state index in [2.05, 4.69) is 5.32 Å². The lowest BCUT2D eigenvalue weighted by molar-refractivity contribution is -0.0689. The number of hydrogen-bond acceptors (Lipinski definition) is 2. The number of carbonyl (C=O) groups excluding carboxylic acids is 1. The number of anilines is 1. The van der Waals surface area contributed by atoms with Crippen LogP contribution < -0.4 is 5.32 Å². The smallest absolute Gasteiger partial charge is 0.387 e. The van der Waals surface area contributed by atoms with Crippen LogP contribution >= 0.6 is 23.2 Å². The molecular formula is C18H14Cl2F3NO. The number of rotatable bonds is 4. The maximum absolute atomic E-state index is 13.5. The Morgan fingerprint density at radius 1 is 1.08 bits per heavy atom. The number of benzene rings is 2. The minimum absolute atomic E-state index is 0.0919. The molecule has 0 atom stereocenters. The minimum atomic E-state index is -4.70. The summed E-state index contributed by atoms with van der Waals surface area (Å²) < 4.78 is 40.4. The number of nitrogens with one attached hydrogen (secondary N) is 1. The van der Waals surface area contributed by atoms with Crippen molar-refractivity contribution in [2.45, 2.75) is 13.1 Å². The van der Waals surface area contributed by atoms with Gasteiger partial charge < -0.3 is 5.32 Å². The molecule has 25 heavy (non-hydrogen) atoms. The van der Waals surface area contributed by atoms with E-state index in [9.17, 15) is 18.0 Å². The lowest BCUT2D eigenvalue weighted by Gasteiger charge is -2.13. The number of halogens is 5. The average molecular weight is 388 g/mol. The van der Waals surface area contributed by atoms with E-state index in [1.807, 2.05) is 0 Å². The summed E-state index contributed by atoms with van der Waals surface area (Å²) in [6.07, 6.45) is -4.13. The minimum Gasteiger partial charge on any atom is -0.387 e. The molecule has 0 aromatic heterocycles. The van der Waals surface area contributed by atoms with Crippen molar-refractivity contribution in [2.75, 3.05) is 12.4 Å². The van der Waals surface area contributed by atoms with Crippen LogP contribution in [0.5, 0.6) is 0 Å². The van der Waals surface area contributed by atoms with Gasteiger partial charge >= 0.3 is 6.18 Å². The van der Waals surface area contributed by atoms with E-state index in [1.165, 1.54) is 30.3 Å². The highest BCUT2D eigenvalue weighted by Crippen LogP contribution is 2.36. The third kappa shape index (κ3) is 4.77. The number of carbonyl (C=O) groups is 1. The molecule has 132 valence electrons. The second kappa shape index (κ2) is 7.50. The fourth-order valence-electron chi connectivity index (χ4n) is 2.31. The second-order valence-electron chi connectivity index (χ2n) is 5.38. The van der Waals surface area contributed by atoms with Crippen LogP contribution in [0.3, 0.4) is 0 Å². The molecule has 0 bridgehead atoms. The normalized spacial score (nSPS) is 12.2. The molecule has 0 fully saturated rings. The Hall–Kier alpha value is -1.98. The summed E-state index contributed by atoms with van der Waals surface area (Å²) in [7, 11) is 1.60. The van der Waals surface area contributed by atoms with Gasteiger partial charge in [-0.05, 0) is 54.5 Å². The van der Waals surface area contributed by atoms with Crippen LogP contribution in [0.1, 0.15) is 21.5 Å². The highest BCUT2D eigenvalue weighted by Gasteiger charge is 2.35. The van der Waals surface area contributed by atoms with E-state index in [4.69, 9.17) is 23.2 Å². The summed E-state index contributed by atoms with van der Waals surface area (Å²) >= 11 is 11.8.